The molecular weight excluding hydrogens is 238 g/mol. The largest absolute Gasteiger partial charge is 0.497 e. The Kier molecular flexibility index (Phi) is 2.91. The first kappa shape index (κ1) is 12.1. The van der Waals surface area contributed by atoms with Gasteiger partial charge in [-0.05, 0) is 24.3 Å². The lowest BCUT2D eigenvalue weighted by Crippen LogP contribution is -2.22. The minimum atomic E-state index is -0.0440. The zero-order valence-electron chi connectivity index (χ0n) is 11.4. The second-order valence-corrected chi connectivity index (χ2v) is 4.66. The molecule has 1 atom stereocenters. The third-order valence-electron chi connectivity index (χ3n) is 3.69. The number of hydrogen-bond donors (Lipinski definition) is 0. The van der Waals surface area contributed by atoms with E-state index in [1.54, 1.807) is 14.2 Å². The lowest BCUT2D eigenvalue weighted by molar-refractivity contribution is 0.135. The van der Waals surface area contributed by atoms with Gasteiger partial charge in [-0.25, -0.2) is 0 Å². The average molecular weight is 255 g/mol. The minimum Gasteiger partial charge on any atom is -0.497 e. The van der Waals surface area contributed by atoms with Crippen molar-refractivity contribution in [3.63, 3.8) is 0 Å². The Morgan fingerprint density at radius 3 is 2.42 bits per heavy atom. The van der Waals surface area contributed by atoms with E-state index in [1.165, 1.54) is 11.3 Å². The predicted octanol–water partition coefficient (Wildman–Crippen LogP) is 3.51. The zero-order valence-corrected chi connectivity index (χ0v) is 11.4. The molecule has 0 spiro atoms. The van der Waals surface area contributed by atoms with Gasteiger partial charge in [-0.15, -0.1) is 0 Å². The lowest BCUT2D eigenvalue weighted by atomic mass is 9.93. The van der Waals surface area contributed by atoms with Crippen molar-refractivity contribution in [1.29, 1.82) is 0 Å². The summed E-state index contributed by atoms with van der Waals surface area (Å²) in [7, 11) is 5.51. The molecule has 19 heavy (non-hydrogen) atoms. The first-order chi connectivity index (χ1) is 9.26. The molecule has 3 rings (SSSR count). The summed E-state index contributed by atoms with van der Waals surface area (Å²) in [5.74, 6) is 0.855. The molecule has 98 valence electrons. The summed E-state index contributed by atoms with van der Waals surface area (Å²) < 4.78 is 11.0. The second kappa shape index (κ2) is 4.59. The molecule has 0 aromatic heterocycles. The van der Waals surface area contributed by atoms with Gasteiger partial charge in [0.05, 0.1) is 7.11 Å². The molecule has 1 aliphatic rings. The number of hydrogen-bond acceptors (Lipinski definition) is 3. The topological polar surface area (TPSA) is 21.7 Å². The van der Waals surface area contributed by atoms with Crippen molar-refractivity contribution in [2.45, 2.75) is 6.10 Å². The molecular formula is C16H17NO2. The van der Waals surface area contributed by atoms with Crippen LogP contribution in [0.25, 0.3) is 0 Å². The van der Waals surface area contributed by atoms with Gasteiger partial charge in [-0.2, -0.15) is 0 Å². The monoisotopic (exact) mass is 255 g/mol. The Labute approximate surface area is 113 Å². The quantitative estimate of drug-likeness (QED) is 0.819. The minimum absolute atomic E-state index is 0.0440. The molecule has 0 bridgehead atoms. The molecule has 3 nitrogen and oxygen atoms in total. The molecule has 2 aromatic rings. The highest BCUT2D eigenvalue weighted by molar-refractivity contribution is 5.75. The number of methoxy groups -OCH3 is 2. The maximum Gasteiger partial charge on any atom is 0.119 e. The van der Waals surface area contributed by atoms with E-state index < -0.39 is 0 Å². The molecule has 0 amide bonds. The van der Waals surface area contributed by atoms with Crippen LogP contribution < -0.4 is 9.64 Å². The van der Waals surface area contributed by atoms with E-state index in [9.17, 15) is 0 Å². The number of nitrogens with zero attached hydrogens (tertiary/aromatic N) is 1. The van der Waals surface area contributed by atoms with Gasteiger partial charge in [0.1, 0.15) is 11.9 Å². The highest BCUT2D eigenvalue weighted by Crippen LogP contribution is 2.45. The molecule has 0 aliphatic carbocycles. The summed E-state index contributed by atoms with van der Waals surface area (Å²) in [5.41, 5.74) is 4.68. The SMILES string of the molecule is COc1ccc2c(c1)C(OC)c1ccccc1N2C. The number of fused-ring (bicyclic) bond motifs is 2. The van der Waals surface area contributed by atoms with Gasteiger partial charge in [0, 0.05) is 36.7 Å². The Morgan fingerprint density at radius 2 is 1.68 bits per heavy atom. The number of ether oxygens (including phenoxy) is 2. The molecule has 0 saturated heterocycles. The van der Waals surface area contributed by atoms with E-state index in [4.69, 9.17) is 9.47 Å². The van der Waals surface area contributed by atoms with Crippen LogP contribution in [0.5, 0.6) is 5.75 Å². The van der Waals surface area contributed by atoms with Gasteiger partial charge < -0.3 is 14.4 Å². The van der Waals surface area contributed by atoms with Crippen LogP contribution >= 0.6 is 0 Å². The molecule has 0 fully saturated rings. The lowest BCUT2D eigenvalue weighted by Gasteiger charge is -2.34. The fourth-order valence-electron chi connectivity index (χ4n) is 2.74. The second-order valence-electron chi connectivity index (χ2n) is 4.66. The van der Waals surface area contributed by atoms with E-state index in [1.807, 2.05) is 12.1 Å². The molecule has 3 heteroatoms. The highest BCUT2D eigenvalue weighted by Gasteiger charge is 2.28. The normalized spacial score (nSPS) is 16.8. The van der Waals surface area contributed by atoms with Crippen LogP contribution in [0.2, 0.25) is 0 Å². The van der Waals surface area contributed by atoms with Crippen molar-refractivity contribution >= 4 is 11.4 Å². The van der Waals surface area contributed by atoms with Crippen LogP contribution in [0, 0.1) is 0 Å². The van der Waals surface area contributed by atoms with Crippen molar-refractivity contribution in [2.75, 3.05) is 26.2 Å². The first-order valence-corrected chi connectivity index (χ1v) is 6.29. The Bertz CT molecular complexity index is 609. The van der Waals surface area contributed by atoms with Crippen molar-refractivity contribution in [1.82, 2.24) is 0 Å². The van der Waals surface area contributed by atoms with Crippen molar-refractivity contribution in [2.24, 2.45) is 0 Å². The van der Waals surface area contributed by atoms with Crippen LogP contribution in [-0.2, 0) is 4.74 Å². The molecule has 1 heterocycles. The van der Waals surface area contributed by atoms with E-state index in [0.29, 0.717) is 0 Å². The Morgan fingerprint density at radius 1 is 0.947 bits per heavy atom. The van der Waals surface area contributed by atoms with Gasteiger partial charge in [0.2, 0.25) is 0 Å². The van der Waals surface area contributed by atoms with Gasteiger partial charge in [0.25, 0.3) is 0 Å². The Hall–Kier alpha value is -2.00. The Balaban J connectivity index is 2.21. The smallest absolute Gasteiger partial charge is 0.119 e. The highest BCUT2D eigenvalue weighted by atomic mass is 16.5. The number of para-hydroxylation sites is 1. The van der Waals surface area contributed by atoms with Crippen LogP contribution in [0.4, 0.5) is 11.4 Å². The third kappa shape index (κ3) is 1.78. The molecule has 0 radical (unpaired) electrons. The molecule has 1 unspecified atom stereocenters. The number of benzene rings is 2. The summed E-state index contributed by atoms with van der Waals surface area (Å²) in [5, 5.41) is 0. The first-order valence-electron chi connectivity index (χ1n) is 6.29. The summed E-state index contributed by atoms with van der Waals surface area (Å²) >= 11 is 0. The average Bonchev–Trinajstić information content (AvgIpc) is 2.47. The number of anilines is 2. The molecule has 1 aliphatic heterocycles. The maximum atomic E-state index is 5.71. The molecule has 0 saturated carbocycles. The van der Waals surface area contributed by atoms with Gasteiger partial charge in [-0.1, -0.05) is 18.2 Å². The van der Waals surface area contributed by atoms with Gasteiger partial charge in [0.15, 0.2) is 0 Å². The molecule has 2 aromatic carbocycles. The van der Waals surface area contributed by atoms with Crippen LogP contribution in [0.1, 0.15) is 17.2 Å². The van der Waals surface area contributed by atoms with Crippen molar-refractivity contribution in [3.8, 4) is 5.75 Å². The maximum absolute atomic E-state index is 5.71. The fourth-order valence-corrected chi connectivity index (χ4v) is 2.74. The summed E-state index contributed by atoms with van der Waals surface area (Å²) in [6.45, 7) is 0. The zero-order chi connectivity index (χ0) is 13.4. The van der Waals surface area contributed by atoms with Crippen molar-refractivity contribution in [3.05, 3.63) is 53.6 Å². The molecule has 0 N–H and O–H groups in total. The summed E-state index contributed by atoms with van der Waals surface area (Å²) in [4.78, 5) is 2.19. The third-order valence-corrected chi connectivity index (χ3v) is 3.69. The van der Waals surface area contributed by atoms with E-state index in [0.717, 1.165) is 17.0 Å². The van der Waals surface area contributed by atoms with Crippen LogP contribution in [0.3, 0.4) is 0 Å². The summed E-state index contributed by atoms with van der Waals surface area (Å²) in [6, 6.07) is 14.4. The fraction of sp³-hybridized carbons (Fsp3) is 0.250. The number of rotatable bonds is 2. The van der Waals surface area contributed by atoms with Crippen molar-refractivity contribution < 1.29 is 9.47 Å². The van der Waals surface area contributed by atoms with Crippen LogP contribution in [0.15, 0.2) is 42.5 Å². The van der Waals surface area contributed by atoms with E-state index >= 15 is 0 Å². The standard InChI is InChI=1S/C16H17NO2/c1-17-14-7-5-4-6-12(14)16(19-3)13-10-11(18-2)8-9-15(13)17/h4-10,16H,1-3H3. The van der Waals surface area contributed by atoms with Gasteiger partial charge >= 0.3 is 0 Å². The van der Waals surface area contributed by atoms with E-state index in [2.05, 4.69) is 42.3 Å². The van der Waals surface area contributed by atoms with E-state index in [-0.39, 0.29) is 6.10 Å². The van der Waals surface area contributed by atoms with Crippen LogP contribution in [-0.4, -0.2) is 21.3 Å². The summed E-state index contributed by atoms with van der Waals surface area (Å²) in [6.07, 6.45) is -0.0440. The predicted molar refractivity (Wildman–Crippen MR) is 76.4 cm³/mol. The van der Waals surface area contributed by atoms with Gasteiger partial charge in [-0.3, -0.25) is 0 Å².